The highest BCUT2D eigenvalue weighted by molar-refractivity contribution is 6.04. The largest absolute Gasteiger partial charge is 0.361 e. The summed E-state index contributed by atoms with van der Waals surface area (Å²) < 4.78 is 0. The predicted octanol–water partition coefficient (Wildman–Crippen LogP) is 4.40. The van der Waals surface area contributed by atoms with Crippen LogP contribution >= 0.6 is 0 Å². The van der Waals surface area contributed by atoms with E-state index >= 15 is 0 Å². The molecule has 2 N–H and O–H groups in total. The van der Waals surface area contributed by atoms with Crippen LogP contribution in [0.4, 0.5) is 5.69 Å². The van der Waals surface area contributed by atoms with E-state index in [4.69, 9.17) is 0 Å². The molecule has 0 spiro atoms. The Hall–Kier alpha value is -2.55. The van der Waals surface area contributed by atoms with E-state index in [0.717, 1.165) is 41.4 Å². The molecule has 1 aliphatic rings. The van der Waals surface area contributed by atoms with Gasteiger partial charge in [-0.1, -0.05) is 37.3 Å². The van der Waals surface area contributed by atoms with Crippen molar-refractivity contribution >= 4 is 22.5 Å². The van der Waals surface area contributed by atoms with Crippen molar-refractivity contribution in [2.75, 3.05) is 5.32 Å². The maximum absolute atomic E-state index is 12.9. The summed E-state index contributed by atoms with van der Waals surface area (Å²) in [5.74, 6) is 0.103. The molecule has 1 amide bonds. The molecule has 0 saturated heterocycles. The summed E-state index contributed by atoms with van der Waals surface area (Å²) in [6, 6.07) is 16.3. The van der Waals surface area contributed by atoms with Crippen molar-refractivity contribution in [1.29, 1.82) is 0 Å². The lowest BCUT2D eigenvalue weighted by Gasteiger charge is -2.15. The second-order valence-electron chi connectivity index (χ2n) is 6.33. The molecule has 0 radical (unpaired) electrons. The van der Waals surface area contributed by atoms with Crippen molar-refractivity contribution in [3.8, 4) is 0 Å². The van der Waals surface area contributed by atoms with E-state index in [2.05, 4.69) is 41.5 Å². The molecule has 1 aliphatic carbocycles. The minimum atomic E-state index is -0.372. The number of nitrogens with one attached hydrogen (secondary N) is 2. The fourth-order valence-electron chi connectivity index (χ4n) is 3.29. The van der Waals surface area contributed by atoms with Crippen LogP contribution in [0.2, 0.25) is 0 Å². The average molecular weight is 304 g/mol. The number of para-hydroxylation sites is 1. The minimum Gasteiger partial charge on any atom is -0.361 e. The first-order chi connectivity index (χ1) is 11.2. The van der Waals surface area contributed by atoms with Gasteiger partial charge in [-0.3, -0.25) is 4.79 Å². The average Bonchev–Trinajstić information content (AvgIpc) is 3.29. The lowest BCUT2D eigenvalue weighted by molar-refractivity contribution is -0.118. The maximum Gasteiger partial charge on any atom is 0.235 e. The molecule has 1 aromatic heterocycles. The standard InChI is InChI=1S/C20H20N2O/c1-2-14-7-9-15(10-8-14)22-19(23)20(11-12-20)17-13-21-18-6-4-3-5-16(17)18/h3-10,13,21H,2,11-12H2,1H3,(H,22,23). The number of aromatic nitrogens is 1. The Morgan fingerprint density at radius 2 is 1.87 bits per heavy atom. The van der Waals surface area contributed by atoms with Gasteiger partial charge in [0.25, 0.3) is 0 Å². The molecule has 3 heteroatoms. The molecule has 116 valence electrons. The Bertz CT molecular complexity index is 857. The van der Waals surface area contributed by atoms with Gasteiger partial charge >= 0.3 is 0 Å². The first-order valence-corrected chi connectivity index (χ1v) is 8.20. The quantitative estimate of drug-likeness (QED) is 0.737. The zero-order valence-electron chi connectivity index (χ0n) is 13.2. The summed E-state index contributed by atoms with van der Waals surface area (Å²) in [5.41, 5.74) is 3.99. The topological polar surface area (TPSA) is 44.9 Å². The Labute approximate surface area is 135 Å². The van der Waals surface area contributed by atoms with E-state index < -0.39 is 0 Å². The van der Waals surface area contributed by atoms with E-state index in [-0.39, 0.29) is 11.3 Å². The summed E-state index contributed by atoms with van der Waals surface area (Å²) in [6.07, 6.45) is 4.83. The molecule has 2 aromatic carbocycles. The van der Waals surface area contributed by atoms with Crippen molar-refractivity contribution in [3.05, 3.63) is 65.9 Å². The number of rotatable bonds is 4. The number of hydrogen-bond donors (Lipinski definition) is 2. The molecule has 0 unspecified atom stereocenters. The Balaban J connectivity index is 1.62. The van der Waals surface area contributed by atoms with Gasteiger partial charge in [-0.15, -0.1) is 0 Å². The third-order valence-electron chi connectivity index (χ3n) is 4.91. The SMILES string of the molecule is CCc1ccc(NC(=O)C2(c3c[nH]c4ccccc34)CC2)cc1. The third kappa shape index (κ3) is 2.33. The van der Waals surface area contributed by atoms with Gasteiger partial charge in [0, 0.05) is 22.8 Å². The smallest absolute Gasteiger partial charge is 0.235 e. The normalized spacial score (nSPS) is 15.5. The second kappa shape index (κ2) is 5.27. The molecular formula is C20H20N2O. The molecule has 23 heavy (non-hydrogen) atoms. The molecule has 0 aliphatic heterocycles. The van der Waals surface area contributed by atoms with E-state index in [1.54, 1.807) is 0 Å². The molecule has 0 bridgehead atoms. The minimum absolute atomic E-state index is 0.103. The summed E-state index contributed by atoms with van der Waals surface area (Å²) in [6.45, 7) is 2.13. The van der Waals surface area contributed by atoms with Gasteiger partial charge in [-0.05, 0) is 48.6 Å². The van der Waals surface area contributed by atoms with Gasteiger partial charge in [-0.2, -0.15) is 0 Å². The number of carbonyl (C=O) groups is 1. The molecule has 1 heterocycles. The number of amides is 1. The van der Waals surface area contributed by atoms with Crippen LogP contribution in [0.5, 0.6) is 0 Å². The van der Waals surface area contributed by atoms with Crippen LogP contribution < -0.4 is 5.32 Å². The highest BCUT2D eigenvalue weighted by Crippen LogP contribution is 2.51. The molecule has 3 nitrogen and oxygen atoms in total. The van der Waals surface area contributed by atoms with Gasteiger partial charge in [0.05, 0.1) is 5.41 Å². The van der Waals surface area contributed by atoms with Gasteiger partial charge in [-0.25, -0.2) is 0 Å². The van der Waals surface area contributed by atoms with E-state index in [9.17, 15) is 4.79 Å². The van der Waals surface area contributed by atoms with Crippen LogP contribution in [0.1, 0.15) is 30.9 Å². The summed E-state index contributed by atoms with van der Waals surface area (Å²) in [4.78, 5) is 16.2. The molecule has 1 saturated carbocycles. The number of aryl methyl sites for hydroxylation is 1. The number of carbonyl (C=O) groups excluding carboxylic acids is 1. The molecular weight excluding hydrogens is 284 g/mol. The first-order valence-electron chi connectivity index (χ1n) is 8.20. The number of H-pyrrole nitrogens is 1. The lowest BCUT2D eigenvalue weighted by Crippen LogP contribution is -2.27. The monoisotopic (exact) mass is 304 g/mol. The predicted molar refractivity (Wildman–Crippen MR) is 93.7 cm³/mol. The van der Waals surface area contributed by atoms with Crippen molar-refractivity contribution in [2.45, 2.75) is 31.6 Å². The summed E-state index contributed by atoms with van der Waals surface area (Å²) >= 11 is 0. The molecule has 4 rings (SSSR count). The second-order valence-corrected chi connectivity index (χ2v) is 6.33. The summed E-state index contributed by atoms with van der Waals surface area (Å²) in [5, 5.41) is 4.25. The van der Waals surface area contributed by atoms with Crippen LogP contribution in [-0.2, 0) is 16.6 Å². The number of fused-ring (bicyclic) bond motifs is 1. The number of aromatic amines is 1. The first kappa shape index (κ1) is 14.1. The van der Waals surface area contributed by atoms with Crippen LogP contribution in [0.3, 0.4) is 0 Å². The van der Waals surface area contributed by atoms with Crippen LogP contribution in [0.25, 0.3) is 10.9 Å². The van der Waals surface area contributed by atoms with Crippen molar-refractivity contribution in [2.24, 2.45) is 0 Å². The lowest BCUT2D eigenvalue weighted by atomic mass is 9.94. The van der Waals surface area contributed by atoms with Crippen molar-refractivity contribution in [1.82, 2.24) is 4.98 Å². The van der Waals surface area contributed by atoms with Crippen molar-refractivity contribution in [3.63, 3.8) is 0 Å². The van der Waals surface area contributed by atoms with Crippen LogP contribution in [0, 0.1) is 0 Å². The Kier molecular flexibility index (Phi) is 3.22. The Morgan fingerprint density at radius 3 is 2.57 bits per heavy atom. The van der Waals surface area contributed by atoms with E-state index in [0.29, 0.717) is 0 Å². The van der Waals surface area contributed by atoms with Gasteiger partial charge < -0.3 is 10.3 Å². The fourth-order valence-corrected chi connectivity index (χ4v) is 3.29. The number of hydrogen-bond acceptors (Lipinski definition) is 1. The molecule has 3 aromatic rings. The third-order valence-corrected chi connectivity index (χ3v) is 4.91. The highest BCUT2D eigenvalue weighted by atomic mass is 16.2. The molecule has 0 atom stereocenters. The van der Waals surface area contributed by atoms with Crippen LogP contribution in [0.15, 0.2) is 54.7 Å². The van der Waals surface area contributed by atoms with Gasteiger partial charge in [0.1, 0.15) is 0 Å². The fraction of sp³-hybridized carbons (Fsp3) is 0.250. The van der Waals surface area contributed by atoms with E-state index in [1.165, 1.54) is 5.56 Å². The number of benzene rings is 2. The highest BCUT2D eigenvalue weighted by Gasteiger charge is 2.52. The zero-order chi connectivity index (χ0) is 15.9. The Morgan fingerprint density at radius 1 is 1.13 bits per heavy atom. The zero-order valence-corrected chi connectivity index (χ0v) is 13.2. The summed E-state index contributed by atoms with van der Waals surface area (Å²) in [7, 11) is 0. The van der Waals surface area contributed by atoms with E-state index in [1.807, 2.05) is 30.5 Å². The van der Waals surface area contributed by atoms with Gasteiger partial charge in [0.15, 0.2) is 0 Å². The van der Waals surface area contributed by atoms with Crippen molar-refractivity contribution < 1.29 is 4.79 Å². The van der Waals surface area contributed by atoms with Gasteiger partial charge in [0.2, 0.25) is 5.91 Å². The number of anilines is 1. The maximum atomic E-state index is 12.9. The van der Waals surface area contributed by atoms with Crippen LogP contribution in [-0.4, -0.2) is 10.9 Å². The molecule has 1 fully saturated rings.